The molecule has 1 saturated heterocycles. The summed E-state index contributed by atoms with van der Waals surface area (Å²) in [5.74, 6) is 6.82. The summed E-state index contributed by atoms with van der Waals surface area (Å²) in [4.78, 5) is 46.9. The van der Waals surface area contributed by atoms with Gasteiger partial charge in [0.05, 0.1) is 44.6 Å². The molecule has 1 unspecified atom stereocenters. The van der Waals surface area contributed by atoms with Crippen LogP contribution in [0.4, 0.5) is 0 Å². The predicted octanol–water partition coefficient (Wildman–Crippen LogP) is 25.4. The summed E-state index contributed by atoms with van der Waals surface area (Å²) >= 11 is 9.57. The number of hydrogen-bond donors (Lipinski definition) is 3. The van der Waals surface area contributed by atoms with Crippen molar-refractivity contribution in [2.45, 2.75) is 258 Å². The van der Waals surface area contributed by atoms with Crippen molar-refractivity contribution in [2.24, 2.45) is 0 Å². The van der Waals surface area contributed by atoms with E-state index in [1.165, 1.54) is 228 Å². The number of hydrogen-bond acceptors (Lipinski definition) is 15. The molecule has 2 N–H and O–H groups in total. The van der Waals surface area contributed by atoms with Crippen molar-refractivity contribution in [1.29, 1.82) is 0 Å². The van der Waals surface area contributed by atoms with Crippen LogP contribution in [0.3, 0.4) is 0 Å². The minimum absolute atomic E-state index is 0. The molecule has 141 heavy (non-hydrogen) atoms. The standard InChI is InChI=1S/C44H45BN4O3.C43H42N4O.C5H9Br.2C5H10.2C2H4O2.CH4S.4CH3.3K.HO4P.2Os.Pd/c1-28(2)36-25-31(45-51-43(5,6)44(7,8)52-45)26-37(29(3)4)41(36)48-23-22-47-42(48)30-14-13-15-32(24-30)50-33-19-20-35-34-16-9-10-17-38(34)49(39(35)27-33)40-18-11-12-21-46-40;1-28(2)37-25-32(30-12-5-6-13-30)26-38(29(3)4)42(37)46-23-22-45-43(46)31-14-11-15-33(24-31)48-34-19-20-36-35-16-7-8-17-39(35)47(40(36)27-34)41-18-9-10-21-44-41;6-5-3-1-2-4-5;2*1-2-4-5-3-1;2*1-2(3)4;1-2;;;;;;;;1-4-5(2)3;;;/h9-29H,1-8H3;7-11,14-30H,5-6,12-13H2,1-4H3;5H,1-4H2;2*1-5H2;2*1H3,(H,3,4);2H,1H3;4*1H3;;;;1H;;;/q;;;;;;;;4*-1;;;+1;;2*+2;/p-1. The van der Waals surface area contributed by atoms with E-state index in [-0.39, 0.29) is 153 Å². The topological polar surface area (TPSA) is 255 Å². The number of carboxylic acid groups (broad SMARTS) is 2. The van der Waals surface area contributed by atoms with Gasteiger partial charge in [0.1, 0.15) is 46.3 Å². The van der Waals surface area contributed by atoms with Crippen LogP contribution >= 0.6 is 36.8 Å². The van der Waals surface area contributed by atoms with Gasteiger partial charge in [0.25, 0.3) is 11.9 Å². The fourth-order valence-corrected chi connectivity index (χ4v) is 18.2. The Morgan fingerprint density at radius 3 is 1.09 bits per heavy atom. The summed E-state index contributed by atoms with van der Waals surface area (Å²) in [5, 5.41) is 28.0. The van der Waals surface area contributed by atoms with Crippen molar-refractivity contribution in [3.05, 3.63) is 289 Å². The van der Waals surface area contributed by atoms with Gasteiger partial charge in [-0.2, -0.15) is 12.6 Å². The van der Waals surface area contributed by atoms with Gasteiger partial charge in [0, 0.05) is 121 Å². The third kappa shape index (κ3) is 37.1. The van der Waals surface area contributed by atoms with E-state index >= 15 is 0 Å². The fourth-order valence-electron chi connectivity index (χ4n) is 17.5. The van der Waals surface area contributed by atoms with E-state index < -0.39 is 38.5 Å². The van der Waals surface area contributed by atoms with Gasteiger partial charge < -0.3 is 68.9 Å². The number of aromatic nitrogens is 8. The van der Waals surface area contributed by atoms with Gasteiger partial charge in [-0.25, -0.2) is 24.6 Å². The second-order valence-electron chi connectivity index (χ2n) is 36.0. The number of rotatable bonds is 17. The Labute approximate surface area is 983 Å². The number of alkyl halides is 1. The SMILES string of the molecule is BrC1CCCC1.C1CCCC1.C1CCCC1.CC(=O)O.CC(=O)O.CC(C)c1cc(B2OC(C)(C)C(C)(C)O2)cc(C(C)C)c1-n1ccnc1-c1cccc(Oc2ccc3c4ccccc4n(-c4ccccn4)c3c2)c1.CC(C)c1cc(C2CCCC2)cc(C(C)C)c1-n1ccnc1-c1cccc(Oc2ccc3c4ccccc4n(-c4ccccn4)c3c2)c1.CS.O=[P+]([O-])O[O-].[CH3-].[CH3-].[CH3-].[CH3-].[K+].[K][K].[Os+2].[Os+2].[Pd]. The van der Waals surface area contributed by atoms with E-state index in [2.05, 4.69) is 290 Å². The summed E-state index contributed by atoms with van der Waals surface area (Å²) < 4.78 is 46.5. The van der Waals surface area contributed by atoms with Gasteiger partial charge in [-0.3, -0.25) is 27.9 Å². The molecule has 1 aliphatic heterocycles. The Balaban J connectivity index is 0.000000691. The molecule has 0 bridgehead atoms. The summed E-state index contributed by atoms with van der Waals surface area (Å²) in [5.41, 5.74) is 15.7. The first-order valence-corrected chi connectivity index (χ1v) is 66.1. The van der Waals surface area contributed by atoms with Crippen LogP contribution < -0.4 is 76.5 Å². The van der Waals surface area contributed by atoms with Gasteiger partial charge in [-0.15, -0.1) is 0 Å². The number of pyridine rings is 2. The molecule has 1 atom stereocenters. The summed E-state index contributed by atoms with van der Waals surface area (Å²) in [6.45, 7) is 28.8. The molecule has 4 saturated carbocycles. The smallest absolute Gasteiger partial charge is 0 e. The monoisotopic (exact) mass is 2540 g/mol. The van der Waals surface area contributed by atoms with Gasteiger partial charge in [0.2, 0.25) is 0 Å². The van der Waals surface area contributed by atoms with Gasteiger partial charge >= 0.3 is 169 Å². The van der Waals surface area contributed by atoms with Crippen LogP contribution in [0.1, 0.15) is 270 Å². The molecule has 5 aliphatic rings. The molecule has 20 nitrogen and oxygen atoms in total. The number of imidazole rings is 2. The van der Waals surface area contributed by atoms with E-state index in [0.717, 1.165) is 115 Å². The number of thiol groups is 1. The predicted molar refractivity (Wildman–Crippen MR) is 573 cm³/mol. The minimum Gasteiger partial charge on any atom is 0 e. The zero-order chi connectivity index (χ0) is 96.1. The maximum atomic E-state index is 9.00. The summed E-state index contributed by atoms with van der Waals surface area (Å²) in [6.07, 6.45) is 39.3. The normalized spacial score (nSPS) is 14.0. The Morgan fingerprint density at radius 2 is 0.773 bits per heavy atom. The van der Waals surface area contributed by atoms with Crippen molar-refractivity contribution in [2.75, 3.05) is 6.26 Å². The van der Waals surface area contributed by atoms with E-state index in [0.29, 0.717) is 17.8 Å². The molecule has 7 heterocycles. The first kappa shape index (κ1) is 133. The molecule has 0 spiro atoms. The van der Waals surface area contributed by atoms with E-state index in [1.807, 2.05) is 85.5 Å². The second-order valence-corrected chi connectivity index (χ2v) is 37.9. The largest absolute Gasteiger partial charge is 2.00 e. The van der Waals surface area contributed by atoms with E-state index in [1.54, 1.807) is 6.26 Å². The van der Waals surface area contributed by atoms with E-state index in [9.17, 15) is 0 Å². The van der Waals surface area contributed by atoms with Crippen LogP contribution in [0.2, 0.25) is 0 Å². The molecule has 746 valence electrons. The van der Waals surface area contributed by atoms with Gasteiger partial charge in [-0.05, 0) is 212 Å². The average Bonchev–Trinajstić information content (AvgIpc) is 1.54. The molecule has 5 fully saturated rings. The number of fused-ring (bicyclic) bond motifs is 6. The molecule has 0 radical (unpaired) electrons. The molecular formula is C111H140BBrK3N8O12Os2PPdS. The first-order valence-electron chi connectivity index (χ1n) is 47.2. The number of carbonyl (C=O) groups is 2. The van der Waals surface area contributed by atoms with Crippen molar-refractivity contribution in [3.63, 3.8) is 0 Å². The molecule has 19 rings (SSSR count). The number of ether oxygens (including phenoxy) is 2. The number of para-hydroxylation sites is 2. The molecular weight excluding hydrogens is 2400 g/mol. The Bertz CT molecular complexity index is 6000. The molecule has 0 amide bonds. The molecule has 4 aliphatic carbocycles. The fraction of sp³-hybridized carbons (Fsp3) is 0.369. The number of benzene rings is 8. The van der Waals surface area contributed by atoms with Crippen LogP contribution in [-0.4, -0.2) is 153 Å². The maximum Gasteiger partial charge on any atom is 2.00 e. The van der Waals surface area contributed by atoms with Crippen molar-refractivity contribution < 1.29 is 169 Å². The van der Waals surface area contributed by atoms with Crippen molar-refractivity contribution in [1.82, 2.24) is 38.2 Å². The third-order valence-corrected chi connectivity index (χ3v) is 25.6. The third-order valence-electron chi connectivity index (χ3n) is 24.5. The Morgan fingerprint density at radius 1 is 0.461 bits per heavy atom. The number of carboxylic acids is 2. The van der Waals surface area contributed by atoms with Gasteiger partial charge in [0.15, 0.2) is 0 Å². The molecule has 30 heteroatoms. The minimum atomic E-state index is -3.15. The number of halogens is 1. The van der Waals surface area contributed by atoms with Crippen LogP contribution in [0.5, 0.6) is 23.0 Å². The van der Waals surface area contributed by atoms with Crippen molar-refractivity contribution >= 4 is 168 Å². The second kappa shape index (κ2) is 66.7. The zero-order valence-electron chi connectivity index (χ0n) is 86.6. The first-order chi connectivity index (χ1) is 64.0. The summed E-state index contributed by atoms with van der Waals surface area (Å²) in [7, 11) is -3.59. The van der Waals surface area contributed by atoms with Crippen molar-refractivity contribution in [3.8, 4) is 68.8 Å². The van der Waals surface area contributed by atoms with Gasteiger partial charge in [-0.1, -0.05) is 258 Å². The number of aliphatic carboxylic acids is 2. The molecule has 6 aromatic heterocycles. The van der Waals surface area contributed by atoms with Crippen LogP contribution in [0.25, 0.3) is 89.4 Å². The molecule has 14 aromatic rings. The van der Waals surface area contributed by atoms with E-state index in [4.69, 9.17) is 63.3 Å². The Hall–Kier alpha value is -3.74. The zero-order valence-corrected chi connectivity index (χ0v) is 106. The molecule has 8 aromatic carbocycles. The van der Waals surface area contributed by atoms with Crippen LogP contribution in [0.15, 0.2) is 231 Å². The maximum absolute atomic E-state index is 9.00. The Kier molecular flexibility index (Phi) is 63.1. The van der Waals surface area contributed by atoms with Crippen LogP contribution in [0, 0.1) is 29.7 Å². The quantitative estimate of drug-likeness (QED) is 0.0146. The average molecular weight is 2540 g/mol. The summed E-state index contributed by atoms with van der Waals surface area (Å²) in [6, 6.07) is 67.5. The number of nitrogens with zero attached hydrogens (tertiary/aromatic N) is 8. The van der Waals surface area contributed by atoms with Crippen LogP contribution in [-0.2, 0) is 88.1 Å².